The third kappa shape index (κ3) is 7.74. The van der Waals surface area contributed by atoms with Crippen molar-refractivity contribution in [2.24, 2.45) is 5.73 Å². The number of hydrogen-bond acceptors (Lipinski definition) is 6. The molecule has 0 saturated carbocycles. The van der Waals surface area contributed by atoms with Gasteiger partial charge in [0.05, 0.1) is 6.04 Å². The van der Waals surface area contributed by atoms with Gasteiger partial charge >= 0.3 is 5.97 Å². The van der Waals surface area contributed by atoms with E-state index >= 15 is 0 Å². The molecule has 0 aromatic heterocycles. The summed E-state index contributed by atoms with van der Waals surface area (Å²) in [6.45, 7) is 2.26. The normalized spacial score (nSPS) is 13.7. The summed E-state index contributed by atoms with van der Waals surface area (Å²) in [5.74, 6) is -2.92. The fourth-order valence-corrected chi connectivity index (χ4v) is 2.08. The maximum Gasteiger partial charge on any atom is 0.322 e. The van der Waals surface area contributed by atoms with E-state index in [9.17, 15) is 24.3 Å². The van der Waals surface area contributed by atoms with Crippen LogP contribution in [-0.2, 0) is 25.6 Å². The van der Waals surface area contributed by atoms with Crippen LogP contribution >= 0.6 is 0 Å². The average Bonchev–Trinajstić information content (AvgIpc) is 2.61. The number of amides is 3. The van der Waals surface area contributed by atoms with E-state index in [4.69, 9.17) is 10.8 Å². The van der Waals surface area contributed by atoms with Crippen molar-refractivity contribution in [3.8, 4) is 5.75 Å². The Hall–Kier alpha value is -3.14. The number of benzene rings is 1. The Morgan fingerprint density at radius 3 is 2.04 bits per heavy atom. The smallest absolute Gasteiger partial charge is 0.322 e. The molecule has 0 radical (unpaired) electrons. The number of phenolic OH excluding ortho intramolecular Hbond substituents is 1. The number of phenols is 1. The Labute approximate surface area is 156 Å². The average molecular weight is 380 g/mol. The fourth-order valence-electron chi connectivity index (χ4n) is 2.08. The molecule has 7 N–H and O–H groups in total. The molecule has 3 unspecified atom stereocenters. The zero-order valence-electron chi connectivity index (χ0n) is 15.1. The number of aliphatic carboxylic acids is 1. The number of aromatic hydroxyl groups is 1. The van der Waals surface area contributed by atoms with Gasteiger partial charge in [-0.25, -0.2) is 0 Å². The van der Waals surface area contributed by atoms with Gasteiger partial charge in [-0.1, -0.05) is 12.1 Å². The first-order valence-electron chi connectivity index (χ1n) is 8.24. The lowest BCUT2D eigenvalue weighted by Gasteiger charge is -2.20. The van der Waals surface area contributed by atoms with Crippen molar-refractivity contribution in [3.63, 3.8) is 0 Å². The number of nitrogens with two attached hydrogens (primary N) is 1. The lowest BCUT2D eigenvalue weighted by molar-refractivity contribution is -0.138. The highest BCUT2D eigenvalue weighted by molar-refractivity contribution is 5.93. The molecule has 0 aliphatic rings. The van der Waals surface area contributed by atoms with Gasteiger partial charge in [-0.05, 0) is 38.0 Å². The standard InChI is InChI=1S/C17H24N4O6/c1-9(15(25)19-8-14(23)24)20-16(26)10(2)21-17(27)13(18)7-11-3-5-12(22)6-4-11/h3-6,9-10,13,22H,7-8,18H2,1-2H3,(H,19,25)(H,20,26)(H,21,27)(H,23,24). The van der Waals surface area contributed by atoms with Crippen LogP contribution < -0.4 is 21.7 Å². The number of carbonyl (C=O) groups excluding carboxylic acids is 3. The van der Waals surface area contributed by atoms with Gasteiger partial charge < -0.3 is 31.9 Å². The predicted octanol–water partition coefficient (Wildman–Crippen LogP) is -1.53. The van der Waals surface area contributed by atoms with Gasteiger partial charge in [0.25, 0.3) is 0 Å². The van der Waals surface area contributed by atoms with E-state index in [2.05, 4.69) is 16.0 Å². The van der Waals surface area contributed by atoms with Crippen LogP contribution in [0.15, 0.2) is 24.3 Å². The van der Waals surface area contributed by atoms with E-state index in [0.717, 1.165) is 5.56 Å². The van der Waals surface area contributed by atoms with Crippen molar-refractivity contribution < 1.29 is 29.4 Å². The zero-order chi connectivity index (χ0) is 20.6. The minimum Gasteiger partial charge on any atom is -0.508 e. The van der Waals surface area contributed by atoms with Crippen molar-refractivity contribution in [3.05, 3.63) is 29.8 Å². The Balaban J connectivity index is 2.48. The van der Waals surface area contributed by atoms with E-state index in [1.54, 1.807) is 12.1 Å². The number of carboxylic acid groups (broad SMARTS) is 1. The molecule has 0 spiro atoms. The molecule has 3 amide bonds. The molecular weight excluding hydrogens is 356 g/mol. The second-order valence-electron chi connectivity index (χ2n) is 6.05. The van der Waals surface area contributed by atoms with Gasteiger partial charge in [-0.3, -0.25) is 19.2 Å². The molecule has 0 bridgehead atoms. The highest BCUT2D eigenvalue weighted by Gasteiger charge is 2.23. The number of carboxylic acids is 1. The van der Waals surface area contributed by atoms with E-state index in [1.807, 2.05) is 0 Å². The quantitative estimate of drug-likeness (QED) is 0.302. The molecule has 0 heterocycles. The molecule has 0 saturated heterocycles. The third-order valence-electron chi connectivity index (χ3n) is 3.65. The first-order valence-corrected chi connectivity index (χ1v) is 8.24. The second kappa shape index (κ2) is 10.1. The van der Waals surface area contributed by atoms with Gasteiger partial charge in [0.1, 0.15) is 24.4 Å². The van der Waals surface area contributed by atoms with Crippen LogP contribution in [0.4, 0.5) is 0 Å². The first-order chi connectivity index (χ1) is 12.6. The van der Waals surface area contributed by atoms with Gasteiger partial charge in [0, 0.05) is 0 Å². The van der Waals surface area contributed by atoms with Crippen LogP contribution in [-0.4, -0.2) is 58.6 Å². The number of hydrogen-bond donors (Lipinski definition) is 6. The molecule has 1 aromatic rings. The molecule has 0 aliphatic carbocycles. The molecule has 10 heteroatoms. The molecule has 10 nitrogen and oxygen atoms in total. The molecule has 0 aliphatic heterocycles. The molecule has 1 aromatic carbocycles. The van der Waals surface area contributed by atoms with Crippen LogP contribution in [0.2, 0.25) is 0 Å². The summed E-state index contributed by atoms with van der Waals surface area (Å²) in [6.07, 6.45) is 0.217. The molecule has 1 rings (SSSR count). The van der Waals surface area contributed by atoms with Crippen molar-refractivity contribution in [1.82, 2.24) is 16.0 Å². The predicted molar refractivity (Wildman–Crippen MR) is 95.6 cm³/mol. The van der Waals surface area contributed by atoms with Crippen LogP contribution in [0.3, 0.4) is 0 Å². The summed E-state index contributed by atoms with van der Waals surface area (Å²) in [4.78, 5) is 46.2. The number of nitrogens with one attached hydrogen (secondary N) is 3. The second-order valence-corrected chi connectivity index (χ2v) is 6.05. The largest absolute Gasteiger partial charge is 0.508 e. The van der Waals surface area contributed by atoms with Crippen molar-refractivity contribution >= 4 is 23.7 Å². The van der Waals surface area contributed by atoms with Crippen LogP contribution in [0.25, 0.3) is 0 Å². The van der Waals surface area contributed by atoms with Gasteiger partial charge in [0.15, 0.2) is 0 Å². The maximum atomic E-state index is 12.1. The van der Waals surface area contributed by atoms with Crippen molar-refractivity contribution in [2.45, 2.75) is 38.4 Å². The van der Waals surface area contributed by atoms with E-state index in [-0.39, 0.29) is 12.2 Å². The van der Waals surface area contributed by atoms with Gasteiger partial charge in [-0.2, -0.15) is 0 Å². The van der Waals surface area contributed by atoms with Crippen molar-refractivity contribution in [1.29, 1.82) is 0 Å². The monoisotopic (exact) mass is 380 g/mol. The highest BCUT2D eigenvalue weighted by atomic mass is 16.4. The summed E-state index contributed by atoms with van der Waals surface area (Å²) in [5.41, 5.74) is 6.57. The number of carbonyl (C=O) groups is 4. The topological polar surface area (TPSA) is 171 Å². The molecule has 27 heavy (non-hydrogen) atoms. The van der Waals surface area contributed by atoms with Crippen LogP contribution in [0, 0.1) is 0 Å². The highest BCUT2D eigenvalue weighted by Crippen LogP contribution is 2.10. The summed E-state index contributed by atoms with van der Waals surface area (Å²) in [5, 5.41) is 24.7. The summed E-state index contributed by atoms with van der Waals surface area (Å²) < 4.78 is 0. The summed E-state index contributed by atoms with van der Waals surface area (Å²) in [7, 11) is 0. The molecule has 148 valence electrons. The summed E-state index contributed by atoms with van der Waals surface area (Å²) >= 11 is 0. The zero-order valence-corrected chi connectivity index (χ0v) is 15.1. The van der Waals surface area contributed by atoms with E-state index in [0.29, 0.717) is 0 Å². The minimum absolute atomic E-state index is 0.101. The lowest BCUT2D eigenvalue weighted by atomic mass is 10.1. The fraction of sp³-hybridized carbons (Fsp3) is 0.412. The maximum absolute atomic E-state index is 12.1. The Kier molecular flexibility index (Phi) is 8.21. The van der Waals surface area contributed by atoms with Crippen molar-refractivity contribution in [2.75, 3.05) is 6.54 Å². The Morgan fingerprint density at radius 1 is 0.963 bits per heavy atom. The molecule has 3 atom stereocenters. The summed E-state index contributed by atoms with van der Waals surface area (Å²) in [6, 6.07) is 3.41. The number of rotatable bonds is 9. The van der Waals surface area contributed by atoms with E-state index < -0.39 is 48.4 Å². The first kappa shape index (κ1) is 21.9. The van der Waals surface area contributed by atoms with Gasteiger partial charge in [0.2, 0.25) is 17.7 Å². The molecular formula is C17H24N4O6. The van der Waals surface area contributed by atoms with E-state index in [1.165, 1.54) is 26.0 Å². The molecule has 0 fully saturated rings. The third-order valence-corrected chi connectivity index (χ3v) is 3.65. The van der Waals surface area contributed by atoms with Gasteiger partial charge in [-0.15, -0.1) is 0 Å². The Morgan fingerprint density at radius 2 is 1.48 bits per heavy atom. The SMILES string of the molecule is CC(NC(=O)C(N)Cc1ccc(O)cc1)C(=O)NC(C)C(=O)NCC(=O)O. The lowest BCUT2D eigenvalue weighted by Crippen LogP contribution is -2.54. The Bertz CT molecular complexity index is 691. The van der Waals surface area contributed by atoms with Crippen LogP contribution in [0.5, 0.6) is 5.75 Å². The van der Waals surface area contributed by atoms with Crippen LogP contribution in [0.1, 0.15) is 19.4 Å². The minimum atomic E-state index is -1.20.